The van der Waals surface area contributed by atoms with Crippen molar-refractivity contribution < 1.29 is 13.2 Å². The number of rotatable bonds is 1. The highest BCUT2D eigenvalue weighted by molar-refractivity contribution is 7.80. The summed E-state index contributed by atoms with van der Waals surface area (Å²) in [6.07, 6.45) is -1.71. The molecular formula is C5H5F3N2S. The van der Waals surface area contributed by atoms with Crippen LogP contribution in [0.4, 0.5) is 13.2 Å². The molecule has 0 saturated heterocycles. The SMILES string of the molecule is FC(F)(F)Cn1ccnc1S. The smallest absolute Gasteiger partial charge is 0.317 e. The van der Waals surface area contributed by atoms with E-state index in [9.17, 15) is 13.2 Å². The second-order valence-electron chi connectivity index (χ2n) is 1.97. The molecule has 2 nitrogen and oxygen atoms in total. The van der Waals surface area contributed by atoms with Crippen molar-refractivity contribution in [1.29, 1.82) is 0 Å². The van der Waals surface area contributed by atoms with Gasteiger partial charge in [0.15, 0.2) is 5.16 Å². The Bertz CT molecular complexity index is 242. The van der Waals surface area contributed by atoms with Crippen molar-refractivity contribution in [1.82, 2.24) is 9.55 Å². The number of halogens is 3. The average Bonchev–Trinajstić information content (AvgIpc) is 2.12. The number of hydrogen-bond donors (Lipinski definition) is 1. The summed E-state index contributed by atoms with van der Waals surface area (Å²) in [5, 5.41) is 0.0716. The number of hydrogen-bond acceptors (Lipinski definition) is 2. The van der Waals surface area contributed by atoms with E-state index in [1.807, 2.05) is 0 Å². The highest BCUT2D eigenvalue weighted by Crippen LogP contribution is 2.18. The Labute approximate surface area is 66.5 Å². The molecule has 0 atom stereocenters. The van der Waals surface area contributed by atoms with Gasteiger partial charge in [-0.3, -0.25) is 0 Å². The van der Waals surface area contributed by atoms with Gasteiger partial charge in [0.2, 0.25) is 0 Å². The van der Waals surface area contributed by atoms with Crippen LogP contribution in [0.1, 0.15) is 0 Å². The Morgan fingerprint density at radius 3 is 2.55 bits per heavy atom. The Kier molecular flexibility index (Phi) is 2.12. The number of alkyl halides is 3. The Balaban J connectivity index is 2.72. The lowest BCUT2D eigenvalue weighted by Gasteiger charge is -2.07. The van der Waals surface area contributed by atoms with E-state index in [1.54, 1.807) is 0 Å². The fraction of sp³-hybridized carbons (Fsp3) is 0.400. The lowest BCUT2D eigenvalue weighted by atomic mass is 10.6. The summed E-state index contributed by atoms with van der Waals surface area (Å²) in [5.41, 5.74) is 0. The Morgan fingerprint density at radius 2 is 2.18 bits per heavy atom. The molecule has 1 aromatic rings. The summed E-state index contributed by atoms with van der Waals surface area (Å²) in [4.78, 5) is 3.53. The van der Waals surface area contributed by atoms with Crippen LogP contribution < -0.4 is 0 Å². The standard InChI is InChI=1S/C5H5F3N2S/c6-5(7,8)3-10-2-1-9-4(10)11/h1-2H,3H2,(H,9,11). The minimum atomic E-state index is -4.21. The van der Waals surface area contributed by atoms with Crippen LogP contribution in [0.3, 0.4) is 0 Å². The summed E-state index contributed by atoms with van der Waals surface area (Å²) in [6, 6.07) is 0. The van der Waals surface area contributed by atoms with Gasteiger partial charge in [0.1, 0.15) is 6.54 Å². The highest BCUT2D eigenvalue weighted by atomic mass is 32.1. The molecule has 0 aromatic carbocycles. The maximum absolute atomic E-state index is 11.7. The molecule has 0 bridgehead atoms. The molecule has 0 unspecified atom stereocenters. The summed E-state index contributed by atoms with van der Waals surface area (Å²) >= 11 is 3.71. The van der Waals surface area contributed by atoms with E-state index in [-0.39, 0.29) is 5.16 Å². The third kappa shape index (κ3) is 2.45. The summed E-state index contributed by atoms with van der Waals surface area (Å²) in [7, 11) is 0. The molecule has 0 aliphatic heterocycles. The van der Waals surface area contributed by atoms with E-state index in [0.29, 0.717) is 0 Å². The molecule has 0 fully saturated rings. The van der Waals surface area contributed by atoms with Crippen molar-refractivity contribution in [3.8, 4) is 0 Å². The fourth-order valence-electron chi connectivity index (χ4n) is 0.638. The van der Waals surface area contributed by atoms with Crippen molar-refractivity contribution in [3.05, 3.63) is 12.4 Å². The first-order chi connectivity index (χ1) is 4.99. The van der Waals surface area contributed by atoms with Gasteiger partial charge in [0, 0.05) is 12.4 Å². The number of aromatic nitrogens is 2. The van der Waals surface area contributed by atoms with Crippen molar-refractivity contribution in [2.75, 3.05) is 0 Å². The molecule has 0 amide bonds. The van der Waals surface area contributed by atoms with Crippen LogP contribution in [0.5, 0.6) is 0 Å². The van der Waals surface area contributed by atoms with Gasteiger partial charge in [-0.2, -0.15) is 13.2 Å². The van der Waals surface area contributed by atoms with E-state index >= 15 is 0 Å². The number of imidazole rings is 1. The molecule has 0 spiro atoms. The average molecular weight is 182 g/mol. The molecule has 1 heterocycles. The maximum Gasteiger partial charge on any atom is 0.406 e. The van der Waals surface area contributed by atoms with E-state index in [4.69, 9.17) is 0 Å². The van der Waals surface area contributed by atoms with E-state index in [2.05, 4.69) is 17.6 Å². The topological polar surface area (TPSA) is 17.8 Å². The molecule has 1 aromatic heterocycles. The van der Waals surface area contributed by atoms with Gasteiger partial charge in [0.05, 0.1) is 0 Å². The highest BCUT2D eigenvalue weighted by Gasteiger charge is 2.28. The van der Waals surface area contributed by atoms with Crippen LogP contribution in [-0.4, -0.2) is 15.7 Å². The van der Waals surface area contributed by atoms with Crippen LogP contribution in [-0.2, 0) is 6.54 Å². The van der Waals surface area contributed by atoms with Crippen LogP contribution in [0.2, 0.25) is 0 Å². The molecule has 0 radical (unpaired) electrons. The third-order valence-corrected chi connectivity index (χ3v) is 1.42. The molecular weight excluding hydrogens is 177 g/mol. The first-order valence-corrected chi connectivity index (χ1v) is 3.20. The van der Waals surface area contributed by atoms with Gasteiger partial charge in [-0.1, -0.05) is 0 Å². The van der Waals surface area contributed by atoms with Crippen molar-refractivity contribution >= 4 is 12.6 Å². The normalized spacial score (nSPS) is 12.0. The quantitative estimate of drug-likeness (QED) is 0.655. The van der Waals surface area contributed by atoms with Crippen molar-refractivity contribution in [3.63, 3.8) is 0 Å². The first-order valence-electron chi connectivity index (χ1n) is 2.76. The second kappa shape index (κ2) is 2.77. The monoisotopic (exact) mass is 182 g/mol. The zero-order chi connectivity index (χ0) is 8.48. The van der Waals surface area contributed by atoms with Crippen LogP contribution in [0, 0.1) is 0 Å². The third-order valence-electron chi connectivity index (χ3n) is 1.04. The predicted molar refractivity (Wildman–Crippen MR) is 35.5 cm³/mol. The van der Waals surface area contributed by atoms with Gasteiger partial charge >= 0.3 is 6.18 Å². The van der Waals surface area contributed by atoms with E-state index in [1.165, 1.54) is 12.4 Å². The van der Waals surface area contributed by atoms with Crippen molar-refractivity contribution in [2.45, 2.75) is 17.9 Å². The fourth-order valence-corrected chi connectivity index (χ4v) is 0.842. The Morgan fingerprint density at radius 1 is 1.55 bits per heavy atom. The molecule has 1 rings (SSSR count). The Hall–Kier alpha value is -0.650. The predicted octanol–water partition coefficient (Wildman–Crippen LogP) is 1.73. The minimum Gasteiger partial charge on any atom is -0.317 e. The lowest BCUT2D eigenvalue weighted by Crippen LogP contribution is -2.17. The zero-order valence-electron chi connectivity index (χ0n) is 5.34. The number of nitrogens with zero attached hydrogens (tertiary/aromatic N) is 2. The van der Waals surface area contributed by atoms with Gasteiger partial charge < -0.3 is 4.57 Å². The van der Waals surface area contributed by atoms with Crippen LogP contribution in [0.25, 0.3) is 0 Å². The molecule has 62 valence electrons. The largest absolute Gasteiger partial charge is 0.406 e. The molecule has 6 heteroatoms. The van der Waals surface area contributed by atoms with Gasteiger partial charge in [-0.15, -0.1) is 12.6 Å². The first kappa shape index (κ1) is 8.45. The summed E-state index contributed by atoms with van der Waals surface area (Å²) in [6.45, 7) is -1.04. The summed E-state index contributed by atoms with van der Waals surface area (Å²) in [5.74, 6) is 0. The molecule has 0 N–H and O–H groups in total. The van der Waals surface area contributed by atoms with Crippen molar-refractivity contribution in [2.24, 2.45) is 0 Å². The maximum atomic E-state index is 11.7. The number of thiol groups is 1. The van der Waals surface area contributed by atoms with Gasteiger partial charge in [-0.05, 0) is 0 Å². The molecule has 0 aliphatic rings. The molecule has 0 aliphatic carbocycles. The molecule has 0 saturated carbocycles. The summed E-state index contributed by atoms with van der Waals surface area (Å²) < 4.78 is 36.1. The second-order valence-corrected chi connectivity index (χ2v) is 2.37. The van der Waals surface area contributed by atoms with Crippen LogP contribution >= 0.6 is 12.6 Å². The molecule has 11 heavy (non-hydrogen) atoms. The lowest BCUT2D eigenvalue weighted by molar-refractivity contribution is -0.141. The van der Waals surface area contributed by atoms with Gasteiger partial charge in [-0.25, -0.2) is 4.98 Å². The van der Waals surface area contributed by atoms with Crippen LogP contribution in [0.15, 0.2) is 17.6 Å². The van der Waals surface area contributed by atoms with Gasteiger partial charge in [0.25, 0.3) is 0 Å². The minimum absolute atomic E-state index is 0.0716. The van der Waals surface area contributed by atoms with E-state index in [0.717, 1.165) is 4.57 Å². The van der Waals surface area contributed by atoms with E-state index < -0.39 is 12.7 Å². The zero-order valence-corrected chi connectivity index (χ0v) is 6.23.